The minimum atomic E-state index is -3.33. The molecule has 3 rings (SSSR count). The summed E-state index contributed by atoms with van der Waals surface area (Å²) in [4.78, 5) is 12.0. The van der Waals surface area contributed by atoms with Crippen LogP contribution in [0.5, 0.6) is 0 Å². The van der Waals surface area contributed by atoms with Crippen LogP contribution in [0.1, 0.15) is 27.9 Å². The SMILES string of the molecule is O=C(NCCCS(=O)(=O)N1CCc2ccccc2C1)c1ccc(Cl)cc1. The van der Waals surface area contributed by atoms with E-state index in [4.69, 9.17) is 11.6 Å². The molecule has 0 fully saturated rings. The van der Waals surface area contributed by atoms with E-state index in [0.29, 0.717) is 36.6 Å². The van der Waals surface area contributed by atoms with Gasteiger partial charge in [0.2, 0.25) is 10.0 Å². The number of carbonyl (C=O) groups excluding carboxylic acids is 1. The molecule has 0 unspecified atom stereocenters. The molecule has 0 saturated heterocycles. The number of halogens is 1. The van der Waals surface area contributed by atoms with Crippen molar-refractivity contribution in [1.82, 2.24) is 9.62 Å². The monoisotopic (exact) mass is 392 g/mol. The lowest BCUT2D eigenvalue weighted by Gasteiger charge is -2.28. The van der Waals surface area contributed by atoms with E-state index in [-0.39, 0.29) is 11.7 Å². The summed E-state index contributed by atoms with van der Waals surface area (Å²) < 4.78 is 26.6. The van der Waals surface area contributed by atoms with Gasteiger partial charge >= 0.3 is 0 Å². The largest absolute Gasteiger partial charge is 0.352 e. The molecule has 26 heavy (non-hydrogen) atoms. The molecule has 2 aromatic rings. The molecule has 0 aliphatic carbocycles. The second-order valence-electron chi connectivity index (χ2n) is 6.28. The Kier molecular flexibility index (Phi) is 5.96. The summed E-state index contributed by atoms with van der Waals surface area (Å²) in [5, 5.41) is 3.31. The minimum absolute atomic E-state index is 0.0239. The number of carbonyl (C=O) groups is 1. The van der Waals surface area contributed by atoms with Crippen LogP contribution < -0.4 is 5.32 Å². The van der Waals surface area contributed by atoms with Crippen LogP contribution >= 0.6 is 11.6 Å². The number of nitrogens with zero attached hydrogens (tertiary/aromatic N) is 1. The highest BCUT2D eigenvalue weighted by Crippen LogP contribution is 2.21. The summed E-state index contributed by atoms with van der Waals surface area (Å²) in [6.07, 6.45) is 1.11. The van der Waals surface area contributed by atoms with E-state index in [1.807, 2.05) is 24.3 Å². The Bertz CT molecular complexity index is 882. The third-order valence-electron chi connectivity index (χ3n) is 4.46. The molecule has 1 N–H and O–H groups in total. The first-order chi connectivity index (χ1) is 12.5. The number of benzene rings is 2. The molecule has 0 atom stereocenters. The molecular formula is C19H21ClN2O3S. The van der Waals surface area contributed by atoms with Crippen LogP contribution in [0.4, 0.5) is 0 Å². The van der Waals surface area contributed by atoms with Crippen molar-refractivity contribution in [3.05, 3.63) is 70.2 Å². The maximum absolute atomic E-state index is 12.5. The Morgan fingerprint density at radius 1 is 1.08 bits per heavy atom. The first-order valence-electron chi connectivity index (χ1n) is 8.54. The van der Waals surface area contributed by atoms with Crippen LogP contribution in [0.2, 0.25) is 5.02 Å². The summed E-state index contributed by atoms with van der Waals surface area (Å²) in [6.45, 7) is 1.25. The topological polar surface area (TPSA) is 66.5 Å². The molecule has 1 aliphatic heterocycles. The van der Waals surface area contributed by atoms with Gasteiger partial charge in [0.25, 0.3) is 5.91 Å². The molecule has 0 spiro atoms. The number of nitrogens with one attached hydrogen (secondary N) is 1. The number of hydrogen-bond donors (Lipinski definition) is 1. The van der Waals surface area contributed by atoms with Crippen LogP contribution in [0.15, 0.2) is 48.5 Å². The number of fused-ring (bicyclic) bond motifs is 1. The summed E-state index contributed by atoms with van der Waals surface area (Å²) >= 11 is 5.80. The van der Waals surface area contributed by atoms with Crippen LogP contribution in [-0.2, 0) is 23.0 Å². The lowest BCUT2D eigenvalue weighted by Crippen LogP contribution is -2.38. The summed E-state index contributed by atoms with van der Waals surface area (Å²) in [5.74, 6) is -0.207. The summed E-state index contributed by atoms with van der Waals surface area (Å²) in [6, 6.07) is 14.5. The fourth-order valence-electron chi connectivity index (χ4n) is 3.00. The Hall–Kier alpha value is -1.89. The highest BCUT2D eigenvalue weighted by Gasteiger charge is 2.26. The van der Waals surface area contributed by atoms with Gasteiger partial charge in [-0.2, -0.15) is 4.31 Å². The van der Waals surface area contributed by atoms with E-state index in [2.05, 4.69) is 5.32 Å². The van der Waals surface area contributed by atoms with Gasteiger partial charge in [-0.25, -0.2) is 8.42 Å². The van der Waals surface area contributed by atoms with Gasteiger partial charge in [0.05, 0.1) is 5.75 Å². The van der Waals surface area contributed by atoms with Crippen LogP contribution in [-0.4, -0.2) is 37.5 Å². The van der Waals surface area contributed by atoms with Crippen LogP contribution in [0, 0.1) is 0 Å². The normalized spacial score (nSPS) is 14.7. The number of rotatable bonds is 6. The number of sulfonamides is 1. The highest BCUT2D eigenvalue weighted by atomic mass is 35.5. The lowest BCUT2D eigenvalue weighted by atomic mass is 10.0. The zero-order valence-corrected chi connectivity index (χ0v) is 15.9. The standard InChI is InChI=1S/C19H21ClN2O3S/c20-18-8-6-16(7-9-18)19(23)21-11-3-13-26(24,25)22-12-10-15-4-1-2-5-17(15)14-22/h1-2,4-9H,3,10-14H2,(H,21,23). The van der Waals surface area contributed by atoms with Crippen molar-refractivity contribution in [3.63, 3.8) is 0 Å². The Labute approximate surface area is 159 Å². The zero-order valence-electron chi connectivity index (χ0n) is 14.3. The van der Waals surface area contributed by atoms with Crippen molar-refractivity contribution in [2.45, 2.75) is 19.4 Å². The molecule has 2 aromatic carbocycles. The molecule has 0 saturated carbocycles. The Balaban J connectivity index is 1.48. The van der Waals surface area contributed by atoms with Gasteiger partial charge in [-0.3, -0.25) is 4.79 Å². The predicted molar refractivity (Wildman–Crippen MR) is 103 cm³/mol. The third-order valence-corrected chi connectivity index (χ3v) is 6.62. The van der Waals surface area contributed by atoms with Gasteiger partial charge < -0.3 is 5.32 Å². The quantitative estimate of drug-likeness (QED) is 0.768. The molecule has 1 aliphatic rings. The molecule has 1 heterocycles. The first kappa shape index (κ1) is 18.9. The van der Waals surface area contributed by atoms with Crippen molar-refractivity contribution in [2.24, 2.45) is 0 Å². The van der Waals surface area contributed by atoms with Crippen LogP contribution in [0.3, 0.4) is 0 Å². The lowest BCUT2D eigenvalue weighted by molar-refractivity contribution is 0.0953. The van der Waals surface area contributed by atoms with E-state index in [9.17, 15) is 13.2 Å². The van der Waals surface area contributed by atoms with E-state index < -0.39 is 10.0 Å². The average molecular weight is 393 g/mol. The van der Waals surface area contributed by atoms with Gasteiger partial charge in [-0.05, 0) is 48.2 Å². The second-order valence-corrected chi connectivity index (χ2v) is 8.81. The molecule has 7 heteroatoms. The molecule has 0 aromatic heterocycles. The summed E-state index contributed by atoms with van der Waals surface area (Å²) in [5.41, 5.74) is 2.79. The Morgan fingerprint density at radius 3 is 2.50 bits per heavy atom. The van der Waals surface area contributed by atoms with E-state index in [0.717, 1.165) is 12.0 Å². The molecular weight excluding hydrogens is 372 g/mol. The fourth-order valence-corrected chi connectivity index (χ4v) is 4.59. The van der Waals surface area contributed by atoms with E-state index in [1.54, 1.807) is 24.3 Å². The molecule has 5 nitrogen and oxygen atoms in total. The molecule has 0 bridgehead atoms. The average Bonchev–Trinajstić information content (AvgIpc) is 2.65. The molecule has 1 amide bonds. The third kappa shape index (κ3) is 4.63. The van der Waals surface area contributed by atoms with E-state index >= 15 is 0 Å². The first-order valence-corrected chi connectivity index (χ1v) is 10.5. The van der Waals surface area contributed by atoms with Gasteiger partial charge in [0, 0.05) is 30.2 Å². The summed E-state index contributed by atoms with van der Waals surface area (Å²) in [7, 11) is -3.33. The zero-order chi connectivity index (χ0) is 18.6. The van der Waals surface area contributed by atoms with Crippen molar-refractivity contribution in [2.75, 3.05) is 18.8 Å². The minimum Gasteiger partial charge on any atom is -0.352 e. The van der Waals surface area contributed by atoms with Crippen LogP contribution in [0.25, 0.3) is 0 Å². The molecule has 0 radical (unpaired) electrons. The van der Waals surface area contributed by atoms with Gasteiger partial charge in [0.1, 0.15) is 0 Å². The van der Waals surface area contributed by atoms with Gasteiger partial charge in [-0.1, -0.05) is 35.9 Å². The second kappa shape index (κ2) is 8.20. The maximum atomic E-state index is 12.5. The highest BCUT2D eigenvalue weighted by molar-refractivity contribution is 7.89. The van der Waals surface area contributed by atoms with Crippen molar-refractivity contribution in [3.8, 4) is 0 Å². The fraction of sp³-hybridized carbons (Fsp3) is 0.316. The smallest absolute Gasteiger partial charge is 0.251 e. The number of amides is 1. The Morgan fingerprint density at radius 2 is 1.77 bits per heavy atom. The van der Waals surface area contributed by atoms with Crippen molar-refractivity contribution >= 4 is 27.5 Å². The maximum Gasteiger partial charge on any atom is 0.251 e. The van der Waals surface area contributed by atoms with E-state index in [1.165, 1.54) is 9.87 Å². The van der Waals surface area contributed by atoms with Gasteiger partial charge in [0.15, 0.2) is 0 Å². The predicted octanol–water partition coefficient (Wildman–Crippen LogP) is 2.85. The van der Waals surface area contributed by atoms with Gasteiger partial charge in [-0.15, -0.1) is 0 Å². The number of hydrogen-bond acceptors (Lipinski definition) is 3. The molecule has 138 valence electrons. The van der Waals surface area contributed by atoms with Crippen molar-refractivity contribution < 1.29 is 13.2 Å². The van der Waals surface area contributed by atoms with Crippen molar-refractivity contribution in [1.29, 1.82) is 0 Å².